The van der Waals surface area contributed by atoms with E-state index < -0.39 is 0 Å². The van der Waals surface area contributed by atoms with Crippen molar-refractivity contribution in [2.75, 3.05) is 4.90 Å². The summed E-state index contributed by atoms with van der Waals surface area (Å²) in [5.41, 5.74) is 3.25. The number of carbonyl (C=O) groups is 1. The van der Waals surface area contributed by atoms with Crippen LogP contribution in [0.15, 0.2) is 73.1 Å². The summed E-state index contributed by atoms with van der Waals surface area (Å²) in [4.78, 5) is 15.1. The van der Waals surface area contributed by atoms with Crippen LogP contribution >= 0.6 is 0 Å². The standard InChI is InChI=1S/C21H21N3O/c1-23-15-17(13-22-23)19-12-20(19)21(25)24(18-10-6-3-7-11-18)14-16-8-4-2-5-9-16/h2-11,13,15,19-20H,12,14H2,1H3. The van der Waals surface area contributed by atoms with Crippen molar-refractivity contribution in [3.8, 4) is 0 Å². The molecule has 4 heteroatoms. The largest absolute Gasteiger partial charge is 0.308 e. The lowest BCUT2D eigenvalue weighted by atomic mass is 10.1. The fraction of sp³-hybridized carbons (Fsp3) is 0.238. The summed E-state index contributed by atoms with van der Waals surface area (Å²) in [5, 5.41) is 4.23. The van der Waals surface area contributed by atoms with Gasteiger partial charge in [0.2, 0.25) is 5.91 Å². The number of benzene rings is 2. The lowest BCUT2D eigenvalue weighted by Gasteiger charge is -2.23. The monoisotopic (exact) mass is 331 g/mol. The quantitative estimate of drug-likeness (QED) is 0.714. The number of aryl methyl sites for hydroxylation is 1. The molecule has 1 heterocycles. The van der Waals surface area contributed by atoms with Gasteiger partial charge in [0, 0.05) is 24.8 Å². The van der Waals surface area contributed by atoms with Gasteiger partial charge in [0.05, 0.1) is 12.7 Å². The molecule has 0 spiro atoms. The maximum absolute atomic E-state index is 13.2. The average Bonchev–Trinajstić information content (AvgIpc) is 3.34. The van der Waals surface area contributed by atoms with Crippen molar-refractivity contribution in [2.45, 2.75) is 18.9 Å². The van der Waals surface area contributed by atoms with Crippen LogP contribution in [0.4, 0.5) is 5.69 Å². The van der Waals surface area contributed by atoms with Gasteiger partial charge in [-0.05, 0) is 35.6 Å². The zero-order chi connectivity index (χ0) is 17.2. The molecule has 0 saturated heterocycles. The smallest absolute Gasteiger partial charge is 0.231 e. The van der Waals surface area contributed by atoms with Gasteiger partial charge in [-0.25, -0.2) is 0 Å². The minimum absolute atomic E-state index is 0.0492. The van der Waals surface area contributed by atoms with Gasteiger partial charge < -0.3 is 4.90 Å². The first-order valence-electron chi connectivity index (χ1n) is 8.61. The Labute approximate surface area is 147 Å². The number of hydrogen-bond acceptors (Lipinski definition) is 2. The Bertz CT molecular complexity index is 857. The third kappa shape index (κ3) is 3.33. The van der Waals surface area contributed by atoms with Crippen LogP contribution in [0.25, 0.3) is 0 Å². The molecule has 1 amide bonds. The molecule has 126 valence electrons. The highest BCUT2D eigenvalue weighted by molar-refractivity contribution is 5.97. The van der Waals surface area contributed by atoms with Crippen LogP contribution in [-0.4, -0.2) is 15.7 Å². The molecule has 1 aliphatic carbocycles. The third-order valence-corrected chi connectivity index (χ3v) is 4.78. The number of amides is 1. The van der Waals surface area contributed by atoms with Gasteiger partial charge in [-0.3, -0.25) is 9.48 Å². The molecule has 1 aliphatic rings. The number of anilines is 1. The van der Waals surface area contributed by atoms with Crippen molar-refractivity contribution in [1.29, 1.82) is 0 Å². The van der Waals surface area contributed by atoms with Crippen LogP contribution in [0.1, 0.15) is 23.5 Å². The molecule has 2 atom stereocenters. The summed E-state index contributed by atoms with van der Waals surface area (Å²) in [6, 6.07) is 20.1. The summed E-state index contributed by atoms with van der Waals surface area (Å²) in [6.07, 6.45) is 4.80. The minimum Gasteiger partial charge on any atom is -0.308 e. The lowest BCUT2D eigenvalue weighted by molar-refractivity contribution is -0.120. The first-order valence-corrected chi connectivity index (χ1v) is 8.61. The van der Waals surface area contributed by atoms with Crippen LogP contribution in [0, 0.1) is 5.92 Å². The van der Waals surface area contributed by atoms with E-state index in [2.05, 4.69) is 17.2 Å². The van der Waals surface area contributed by atoms with Crippen LogP contribution in [-0.2, 0) is 18.4 Å². The lowest BCUT2D eigenvalue weighted by Crippen LogP contribution is -2.32. The van der Waals surface area contributed by atoms with Gasteiger partial charge in [0.15, 0.2) is 0 Å². The Morgan fingerprint density at radius 3 is 2.44 bits per heavy atom. The topological polar surface area (TPSA) is 38.1 Å². The molecule has 0 radical (unpaired) electrons. The summed E-state index contributed by atoms with van der Waals surface area (Å²) in [7, 11) is 1.91. The van der Waals surface area contributed by atoms with Crippen LogP contribution in [0.5, 0.6) is 0 Å². The molecule has 3 aromatic rings. The first kappa shape index (κ1) is 15.6. The normalized spacial score (nSPS) is 18.8. The molecule has 0 N–H and O–H groups in total. The Hall–Kier alpha value is -2.88. The van der Waals surface area contributed by atoms with Gasteiger partial charge >= 0.3 is 0 Å². The molecule has 1 aromatic heterocycles. The van der Waals surface area contributed by atoms with Crippen molar-refractivity contribution in [1.82, 2.24) is 9.78 Å². The van der Waals surface area contributed by atoms with Crippen molar-refractivity contribution >= 4 is 11.6 Å². The molecular formula is C21H21N3O. The number of para-hydroxylation sites is 1. The summed E-state index contributed by atoms with van der Waals surface area (Å²) < 4.78 is 1.80. The molecule has 1 fully saturated rings. The zero-order valence-electron chi connectivity index (χ0n) is 14.2. The highest BCUT2D eigenvalue weighted by Gasteiger charge is 2.46. The van der Waals surface area contributed by atoms with Crippen molar-refractivity contribution in [3.63, 3.8) is 0 Å². The molecule has 0 bridgehead atoms. The van der Waals surface area contributed by atoms with Gasteiger partial charge in [0.1, 0.15) is 0 Å². The van der Waals surface area contributed by atoms with Crippen molar-refractivity contribution < 1.29 is 4.79 Å². The molecule has 1 saturated carbocycles. The average molecular weight is 331 g/mol. The molecule has 0 aliphatic heterocycles. The Morgan fingerprint density at radius 2 is 1.80 bits per heavy atom. The number of hydrogen-bond donors (Lipinski definition) is 0. The minimum atomic E-state index is 0.0492. The molecule has 2 unspecified atom stereocenters. The molecule has 4 nitrogen and oxygen atoms in total. The Kier molecular flexibility index (Phi) is 4.10. The van der Waals surface area contributed by atoms with E-state index in [-0.39, 0.29) is 11.8 Å². The van der Waals surface area contributed by atoms with Crippen LogP contribution in [0.3, 0.4) is 0 Å². The summed E-state index contributed by atoms with van der Waals surface area (Å²) in [5.74, 6) is 0.542. The third-order valence-electron chi connectivity index (χ3n) is 4.78. The van der Waals surface area contributed by atoms with Gasteiger partial charge in [-0.1, -0.05) is 48.5 Å². The Balaban J connectivity index is 1.57. The van der Waals surface area contributed by atoms with E-state index in [4.69, 9.17) is 0 Å². The van der Waals surface area contributed by atoms with Crippen molar-refractivity contribution in [2.24, 2.45) is 13.0 Å². The second-order valence-electron chi connectivity index (χ2n) is 6.64. The van der Waals surface area contributed by atoms with E-state index >= 15 is 0 Å². The zero-order valence-corrected chi connectivity index (χ0v) is 14.2. The summed E-state index contributed by atoms with van der Waals surface area (Å²) in [6.45, 7) is 0.597. The molecule has 4 rings (SSSR count). The highest BCUT2D eigenvalue weighted by atomic mass is 16.2. The van der Waals surface area contributed by atoms with E-state index in [0.717, 1.165) is 23.2 Å². The van der Waals surface area contributed by atoms with E-state index in [9.17, 15) is 4.79 Å². The molecule has 25 heavy (non-hydrogen) atoms. The van der Waals surface area contributed by atoms with E-state index in [1.165, 1.54) is 0 Å². The number of nitrogens with zero attached hydrogens (tertiary/aromatic N) is 3. The van der Waals surface area contributed by atoms with E-state index in [1.807, 2.05) is 72.9 Å². The second-order valence-corrected chi connectivity index (χ2v) is 6.64. The number of aromatic nitrogens is 2. The maximum Gasteiger partial charge on any atom is 0.231 e. The number of carbonyl (C=O) groups excluding carboxylic acids is 1. The fourth-order valence-corrected chi connectivity index (χ4v) is 3.34. The van der Waals surface area contributed by atoms with Crippen LogP contribution in [0.2, 0.25) is 0 Å². The van der Waals surface area contributed by atoms with Crippen LogP contribution < -0.4 is 4.90 Å². The number of rotatable bonds is 5. The van der Waals surface area contributed by atoms with E-state index in [1.54, 1.807) is 4.68 Å². The predicted octanol–water partition coefficient (Wildman–Crippen LogP) is 3.76. The van der Waals surface area contributed by atoms with Gasteiger partial charge in [0.25, 0.3) is 0 Å². The van der Waals surface area contributed by atoms with Crippen molar-refractivity contribution in [3.05, 3.63) is 84.2 Å². The molecule has 2 aromatic carbocycles. The van der Waals surface area contributed by atoms with E-state index in [0.29, 0.717) is 12.5 Å². The molecular weight excluding hydrogens is 310 g/mol. The summed E-state index contributed by atoms with van der Waals surface area (Å²) >= 11 is 0. The van der Waals surface area contributed by atoms with Gasteiger partial charge in [-0.2, -0.15) is 5.10 Å². The van der Waals surface area contributed by atoms with Gasteiger partial charge in [-0.15, -0.1) is 0 Å². The Morgan fingerprint density at radius 1 is 1.12 bits per heavy atom. The predicted molar refractivity (Wildman–Crippen MR) is 98.1 cm³/mol. The maximum atomic E-state index is 13.2. The fourth-order valence-electron chi connectivity index (χ4n) is 3.34. The SMILES string of the molecule is Cn1cc(C2CC2C(=O)N(Cc2ccccc2)c2ccccc2)cn1. The highest BCUT2D eigenvalue weighted by Crippen LogP contribution is 2.48. The second kappa shape index (κ2) is 6.55. The first-order chi connectivity index (χ1) is 12.2.